The highest BCUT2D eigenvalue weighted by Gasteiger charge is 2.18. The first-order valence-electron chi connectivity index (χ1n) is 5.27. The molecule has 1 rings (SSSR count). The molecule has 0 aromatic carbocycles. The molecule has 20 heavy (non-hydrogen) atoms. The lowest BCUT2D eigenvalue weighted by Gasteiger charge is -2.13. The Morgan fingerprint density at radius 3 is 2.70 bits per heavy atom. The molecule has 0 atom stereocenters. The van der Waals surface area contributed by atoms with Gasteiger partial charge in [-0.15, -0.1) is 0 Å². The fourth-order valence-corrected chi connectivity index (χ4v) is 1.33. The van der Waals surface area contributed by atoms with E-state index in [0.717, 1.165) is 13.2 Å². The Kier molecular flexibility index (Phi) is 5.22. The number of carbonyl (C=O) groups is 1. The Hall–Kier alpha value is -2.41. The van der Waals surface area contributed by atoms with Crippen LogP contribution in [0.2, 0.25) is 0 Å². The summed E-state index contributed by atoms with van der Waals surface area (Å²) < 4.78 is 17.2. The number of carbonyl (C=O) groups excluding carboxylic acids is 1. The van der Waals surface area contributed by atoms with Crippen molar-refractivity contribution in [2.24, 2.45) is 5.73 Å². The van der Waals surface area contributed by atoms with Crippen molar-refractivity contribution < 1.29 is 13.9 Å². The molecule has 0 bridgehead atoms. The van der Waals surface area contributed by atoms with Gasteiger partial charge in [0.1, 0.15) is 16.6 Å². The third kappa shape index (κ3) is 3.79. The molecule has 0 saturated heterocycles. The summed E-state index contributed by atoms with van der Waals surface area (Å²) in [6.07, 6.45) is 1.22. The Morgan fingerprint density at radius 2 is 2.25 bits per heavy atom. The van der Waals surface area contributed by atoms with Crippen molar-refractivity contribution in [2.75, 3.05) is 7.11 Å². The van der Waals surface area contributed by atoms with Gasteiger partial charge in [0.25, 0.3) is 0 Å². The molecular formula is C12H12ClFN4O2. The number of nitrogens with one attached hydrogen (secondary N) is 2. The van der Waals surface area contributed by atoms with Crippen molar-refractivity contribution in [3.8, 4) is 0 Å². The monoisotopic (exact) mass is 298 g/mol. The van der Waals surface area contributed by atoms with Gasteiger partial charge >= 0.3 is 5.97 Å². The van der Waals surface area contributed by atoms with E-state index in [4.69, 9.17) is 22.7 Å². The molecule has 0 aliphatic heterocycles. The third-order valence-electron chi connectivity index (χ3n) is 2.20. The first-order chi connectivity index (χ1) is 9.36. The first-order valence-corrected chi connectivity index (χ1v) is 5.65. The van der Waals surface area contributed by atoms with Crippen molar-refractivity contribution in [1.29, 1.82) is 5.41 Å². The Balaban J connectivity index is 3.05. The molecule has 0 unspecified atom stereocenters. The Morgan fingerprint density at radius 1 is 1.60 bits per heavy atom. The summed E-state index contributed by atoms with van der Waals surface area (Å²) in [5.74, 6) is -1.97. The second-order valence-corrected chi connectivity index (χ2v) is 3.95. The van der Waals surface area contributed by atoms with Crippen molar-refractivity contribution in [3.05, 3.63) is 47.1 Å². The zero-order chi connectivity index (χ0) is 15.3. The van der Waals surface area contributed by atoms with E-state index < -0.39 is 17.8 Å². The topological polar surface area (TPSA) is 101 Å². The number of aromatic nitrogens is 1. The number of pyridine rings is 1. The van der Waals surface area contributed by atoms with Gasteiger partial charge < -0.3 is 15.8 Å². The maximum atomic E-state index is 12.7. The largest absolute Gasteiger partial charge is 0.464 e. The average molecular weight is 299 g/mol. The fourth-order valence-electron chi connectivity index (χ4n) is 1.21. The molecule has 0 fully saturated rings. The highest BCUT2D eigenvalue weighted by Crippen LogP contribution is 2.15. The van der Waals surface area contributed by atoms with Crippen LogP contribution in [0.3, 0.4) is 0 Å². The summed E-state index contributed by atoms with van der Waals surface area (Å²) in [5, 5.41) is 9.49. The van der Waals surface area contributed by atoms with Gasteiger partial charge in [0.05, 0.1) is 7.11 Å². The van der Waals surface area contributed by atoms with Gasteiger partial charge in [0, 0.05) is 17.5 Å². The van der Waals surface area contributed by atoms with Gasteiger partial charge in [-0.3, -0.25) is 5.41 Å². The van der Waals surface area contributed by atoms with Crippen LogP contribution in [-0.2, 0) is 9.53 Å². The number of hydrogen-bond donors (Lipinski definition) is 3. The van der Waals surface area contributed by atoms with Gasteiger partial charge in [-0.2, -0.15) is 4.39 Å². The molecule has 0 aliphatic rings. The average Bonchev–Trinajstić information content (AvgIpc) is 2.43. The number of rotatable bonds is 5. The molecule has 6 nitrogen and oxygen atoms in total. The van der Waals surface area contributed by atoms with Crippen molar-refractivity contribution >= 4 is 29.1 Å². The highest BCUT2D eigenvalue weighted by molar-refractivity contribution is 6.44. The maximum Gasteiger partial charge on any atom is 0.356 e. The molecule has 106 valence electrons. The van der Waals surface area contributed by atoms with E-state index in [1.54, 1.807) is 0 Å². The van der Waals surface area contributed by atoms with Crippen molar-refractivity contribution in [1.82, 2.24) is 10.3 Å². The van der Waals surface area contributed by atoms with E-state index in [1.807, 2.05) is 0 Å². The number of halogens is 2. The van der Waals surface area contributed by atoms with E-state index in [-0.39, 0.29) is 16.4 Å². The second kappa shape index (κ2) is 6.67. The summed E-state index contributed by atoms with van der Waals surface area (Å²) in [6.45, 7) is 3.67. The summed E-state index contributed by atoms with van der Waals surface area (Å²) >= 11 is 5.76. The smallest absolute Gasteiger partial charge is 0.356 e. The SMILES string of the molecule is C=C(NC(C(=O)OC)=C(Cl)C(=N)N)c1ccc(F)nc1. The highest BCUT2D eigenvalue weighted by atomic mass is 35.5. The predicted molar refractivity (Wildman–Crippen MR) is 73.2 cm³/mol. The van der Waals surface area contributed by atoms with Crippen LogP contribution in [0.4, 0.5) is 4.39 Å². The predicted octanol–water partition coefficient (Wildman–Crippen LogP) is 1.34. The van der Waals surface area contributed by atoms with E-state index in [9.17, 15) is 9.18 Å². The minimum Gasteiger partial charge on any atom is -0.464 e. The second-order valence-electron chi connectivity index (χ2n) is 3.57. The lowest BCUT2D eigenvalue weighted by molar-refractivity contribution is -0.136. The molecule has 1 aromatic rings. The van der Waals surface area contributed by atoms with Crippen LogP contribution < -0.4 is 11.1 Å². The fraction of sp³-hybridized carbons (Fsp3) is 0.0833. The van der Waals surface area contributed by atoms with Gasteiger partial charge in [0.2, 0.25) is 5.95 Å². The maximum absolute atomic E-state index is 12.7. The molecule has 4 N–H and O–H groups in total. The number of amidine groups is 1. The number of nitrogens with two attached hydrogens (primary N) is 1. The molecular weight excluding hydrogens is 287 g/mol. The van der Waals surface area contributed by atoms with Gasteiger partial charge in [0.15, 0.2) is 0 Å². The van der Waals surface area contributed by atoms with Crippen LogP contribution in [0.15, 0.2) is 35.6 Å². The lowest BCUT2D eigenvalue weighted by atomic mass is 10.2. The minimum absolute atomic E-state index is 0.220. The van der Waals surface area contributed by atoms with Crippen LogP contribution in [0.5, 0.6) is 0 Å². The summed E-state index contributed by atoms with van der Waals surface area (Å²) in [5.41, 5.74) is 5.63. The zero-order valence-electron chi connectivity index (χ0n) is 10.5. The molecule has 0 saturated carbocycles. The summed E-state index contributed by atoms with van der Waals surface area (Å²) in [6, 6.07) is 2.55. The first kappa shape index (κ1) is 15.6. The minimum atomic E-state index is -0.818. The Labute approximate surface area is 119 Å². The van der Waals surface area contributed by atoms with Crippen LogP contribution >= 0.6 is 11.6 Å². The number of methoxy groups -OCH3 is 1. The molecule has 8 heteroatoms. The molecule has 0 amide bonds. The molecule has 1 aromatic heterocycles. The van der Waals surface area contributed by atoms with Gasteiger partial charge in [-0.1, -0.05) is 18.2 Å². The standard InChI is InChI=1S/C12H12ClFN4O2/c1-6(7-3-4-8(14)17-5-7)18-10(12(19)20-2)9(13)11(15)16/h3-5,18H,1H2,2H3,(H3,15,16). The van der Waals surface area contributed by atoms with E-state index in [2.05, 4.69) is 21.6 Å². The summed E-state index contributed by atoms with van der Waals surface area (Å²) in [4.78, 5) is 15.0. The Bertz CT molecular complexity index is 584. The van der Waals surface area contributed by atoms with Crippen LogP contribution in [0, 0.1) is 11.4 Å². The third-order valence-corrected chi connectivity index (χ3v) is 2.59. The number of nitrogens with zero attached hydrogens (tertiary/aromatic N) is 1. The normalized spacial score (nSPS) is 11.3. The van der Waals surface area contributed by atoms with Crippen LogP contribution in [-0.4, -0.2) is 23.9 Å². The molecule has 0 aliphatic carbocycles. The van der Waals surface area contributed by atoms with Crippen LogP contribution in [0.1, 0.15) is 5.56 Å². The molecule has 0 spiro atoms. The summed E-state index contributed by atoms with van der Waals surface area (Å²) in [7, 11) is 1.15. The number of ether oxygens (including phenoxy) is 1. The number of hydrogen-bond acceptors (Lipinski definition) is 5. The van der Waals surface area contributed by atoms with E-state index in [1.165, 1.54) is 12.3 Å². The number of esters is 1. The van der Waals surface area contributed by atoms with Crippen molar-refractivity contribution in [2.45, 2.75) is 0 Å². The van der Waals surface area contributed by atoms with Gasteiger partial charge in [-0.25, -0.2) is 9.78 Å². The van der Waals surface area contributed by atoms with E-state index >= 15 is 0 Å². The molecule has 0 radical (unpaired) electrons. The van der Waals surface area contributed by atoms with Crippen LogP contribution in [0.25, 0.3) is 5.70 Å². The lowest BCUT2D eigenvalue weighted by Crippen LogP contribution is -2.25. The van der Waals surface area contributed by atoms with E-state index in [0.29, 0.717) is 5.56 Å². The quantitative estimate of drug-likeness (QED) is 0.250. The van der Waals surface area contributed by atoms with Gasteiger partial charge in [-0.05, 0) is 12.1 Å². The molecule has 1 heterocycles. The zero-order valence-corrected chi connectivity index (χ0v) is 11.3. The van der Waals surface area contributed by atoms with Crippen molar-refractivity contribution in [3.63, 3.8) is 0 Å².